The quantitative estimate of drug-likeness (QED) is 0.650. The van der Waals surface area contributed by atoms with Gasteiger partial charge in [0.05, 0.1) is 6.10 Å². The number of hydrogen-bond acceptors (Lipinski definition) is 2. The van der Waals surface area contributed by atoms with Crippen LogP contribution < -0.4 is 5.32 Å². The fraction of sp³-hybridized carbons (Fsp3) is 0.818. The van der Waals surface area contributed by atoms with Crippen LogP contribution in [0.2, 0.25) is 0 Å². The predicted molar refractivity (Wildman–Crippen MR) is 54.5 cm³/mol. The van der Waals surface area contributed by atoms with Crippen molar-refractivity contribution in [3.63, 3.8) is 0 Å². The van der Waals surface area contributed by atoms with Crippen molar-refractivity contribution in [3.05, 3.63) is 0 Å². The maximum absolute atomic E-state index is 5.28. The molecule has 13 heavy (non-hydrogen) atoms. The Bertz CT molecular complexity index is 179. The number of rotatable bonds is 5. The van der Waals surface area contributed by atoms with E-state index in [9.17, 15) is 0 Å². The Balaban J connectivity index is 2.14. The van der Waals surface area contributed by atoms with Gasteiger partial charge in [-0.1, -0.05) is 6.92 Å². The molecule has 0 aliphatic heterocycles. The highest BCUT2D eigenvalue weighted by atomic mass is 16.5. The molecule has 0 heterocycles. The molecule has 1 saturated carbocycles. The smallest absolute Gasteiger partial charge is 0.0601 e. The van der Waals surface area contributed by atoms with Gasteiger partial charge in [-0.05, 0) is 19.3 Å². The molecule has 1 unspecified atom stereocenters. The standard InChI is InChI=1S/C11H19NO/c1-4-6-9(5-2)12-10-7-11(8-10)13-3/h1,9-12H,5-8H2,2-3H3. The first kappa shape index (κ1) is 10.6. The van der Waals surface area contributed by atoms with E-state index in [-0.39, 0.29) is 0 Å². The van der Waals surface area contributed by atoms with Crippen molar-refractivity contribution in [2.45, 2.75) is 50.8 Å². The first-order chi connectivity index (χ1) is 6.30. The third-order valence-electron chi connectivity index (χ3n) is 2.76. The van der Waals surface area contributed by atoms with E-state index in [2.05, 4.69) is 18.2 Å². The van der Waals surface area contributed by atoms with Crippen molar-refractivity contribution < 1.29 is 4.74 Å². The van der Waals surface area contributed by atoms with Crippen LogP contribution in [0.5, 0.6) is 0 Å². The van der Waals surface area contributed by atoms with E-state index in [1.807, 2.05) is 0 Å². The van der Waals surface area contributed by atoms with Gasteiger partial charge in [0.1, 0.15) is 0 Å². The van der Waals surface area contributed by atoms with E-state index >= 15 is 0 Å². The molecule has 2 heteroatoms. The van der Waals surface area contributed by atoms with E-state index in [1.54, 1.807) is 7.11 Å². The molecule has 1 N–H and O–H groups in total. The molecule has 0 saturated heterocycles. The highest BCUT2D eigenvalue weighted by Crippen LogP contribution is 2.23. The molecule has 1 rings (SSSR count). The van der Waals surface area contributed by atoms with Crippen LogP contribution in [0, 0.1) is 12.3 Å². The molecule has 1 fully saturated rings. The fourth-order valence-corrected chi connectivity index (χ4v) is 1.69. The van der Waals surface area contributed by atoms with E-state index in [4.69, 9.17) is 11.2 Å². The summed E-state index contributed by atoms with van der Waals surface area (Å²) in [6.07, 6.45) is 9.97. The summed E-state index contributed by atoms with van der Waals surface area (Å²) in [5.41, 5.74) is 0. The Labute approximate surface area is 81.0 Å². The normalized spacial score (nSPS) is 29.0. The summed E-state index contributed by atoms with van der Waals surface area (Å²) in [5, 5.41) is 3.55. The average Bonchev–Trinajstić information content (AvgIpc) is 2.08. The fourth-order valence-electron chi connectivity index (χ4n) is 1.69. The molecule has 0 bridgehead atoms. The zero-order valence-corrected chi connectivity index (χ0v) is 8.55. The highest BCUT2D eigenvalue weighted by Gasteiger charge is 2.29. The lowest BCUT2D eigenvalue weighted by Gasteiger charge is -2.37. The summed E-state index contributed by atoms with van der Waals surface area (Å²) in [6, 6.07) is 1.12. The lowest BCUT2D eigenvalue weighted by atomic mass is 9.88. The zero-order valence-electron chi connectivity index (χ0n) is 8.55. The van der Waals surface area contributed by atoms with Crippen molar-refractivity contribution >= 4 is 0 Å². The number of hydrogen-bond donors (Lipinski definition) is 1. The van der Waals surface area contributed by atoms with Crippen molar-refractivity contribution in [2.75, 3.05) is 7.11 Å². The summed E-state index contributed by atoms with van der Waals surface area (Å²) < 4.78 is 5.21. The second-order valence-electron chi connectivity index (χ2n) is 3.71. The highest BCUT2D eigenvalue weighted by molar-refractivity contribution is 4.93. The summed E-state index contributed by atoms with van der Waals surface area (Å²) >= 11 is 0. The van der Waals surface area contributed by atoms with Crippen molar-refractivity contribution in [2.24, 2.45) is 0 Å². The molecule has 1 aliphatic rings. The Morgan fingerprint density at radius 1 is 1.62 bits per heavy atom. The van der Waals surface area contributed by atoms with Crippen molar-refractivity contribution in [3.8, 4) is 12.3 Å². The molecular weight excluding hydrogens is 162 g/mol. The van der Waals surface area contributed by atoms with Crippen LogP contribution in [-0.2, 0) is 4.74 Å². The largest absolute Gasteiger partial charge is 0.381 e. The van der Waals surface area contributed by atoms with E-state index in [0.717, 1.165) is 25.7 Å². The number of nitrogens with one attached hydrogen (secondary N) is 1. The Hall–Kier alpha value is -0.520. The Morgan fingerprint density at radius 2 is 2.31 bits per heavy atom. The van der Waals surface area contributed by atoms with Crippen molar-refractivity contribution in [1.82, 2.24) is 5.32 Å². The third-order valence-corrected chi connectivity index (χ3v) is 2.76. The Kier molecular flexibility index (Phi) is 4.27. The minimum absolute atomic E-state index is 0.473. The first-order valence-corrected chi connectivity index (χ1v) is 5.02. The van der Waals surface area contributed by atoms with Gasteiger partial charge < -0.3 is 10.1 Å². The van der Waals surface area contributed by atoms with Gasteiger partial charge in [0.15, 0.2) is 0 Å². The molecule has 1 aliphatic carbocycles. The molecule has 0 aromatic heterocycles. The molecular formula is C11H19NO. The summed E-state index contributed by atoms with van der Waals surface area (Å²) in [4.78, 5) is 0. The first-order valence-electron chi connectivity index (χ1n) is 5.02. The van der Waals surface area contributed by atoms with E-state index < -0.39 is 0 Å². The lowest BCUT2D eigenvalue weighted by molar-refractivity contribution is 0.0142. The van der Waals surface area contributed by atoms with Gasteiger partial charge in [-0.2, -0.15) is 0 Å². The van der Waals surface area contributed by atoms with Crippen LogP contribution in [0.4, 0.5) is 0 Å². The van der Waals surface area contributed by atoms with Gasteiger partial charge in [0, 0.05) is 25.6 Å². The van der Waals surface area contributed by atoms with Gasteiger partial charge >= 0.3 is 0 Å². The van der Waals surface area contributed by atoms with Gasteiger partial charge in [-0.3, -0.25) is 0 Å². The molecule has 1 atom stereocenters. The number of ether oxygens (including phenoxy) is 1. The molecule has 0 amide bonds. The monoisotopic (exact) mass is 181 g/mol. The van der Waals surface area contributed by atoms with Crippen LogP contribution >= 0.6 is 0 Å². The van der Waals surface area contributed by atoms with Crippen LogP contribution in [0.15, 0.2) is 0 Å². The van der Waals surface area contributed by atoms with Gasteiger partial charge in [0.25, 0.3) is 0 Å². The molecule has 0 aromatic rings. The van der Waals surface area contributed by atoms with Crippen LogP contribution in [0.25, 0.3) is 0 Å². The van der Waals surface area contributed by atoms with Gasteiger partial charge in [-0.15, -0.1) is 12.3 Å². The maximum atomic E-state index is 5.28. The predicted octanol–water partition coefficient (Wildman–Crippen LogP) is 1.56. The van der Waals surface area contributed by atoms with Gasteiger partial charge in [0.2, 0.25) is 0 Å². The van der Waals surface area contributed by atoms with Crippen LogP contribution in [0.1, 0.15) is 32.6 Å². The molecule has 0 aromatic carbocycles. The lowest BCUT2D eigenvalue weighted by Crippen LogP contribution is -2.48. The summed E-state index contributed by atoms with van der Waals surface area (Å²) in [6.45, 7) is 2.17. The Morgan fingerprint density at radius 3 is 2.77 bits per heavy atom. The van der Waals surface area contributed by atoms with Crippen molar-refractivity contribution in [1.29, 1.82) is 0 Å². The second-order valence-corrected chi connectivity index (χ2v) is 3.71. The summed E-state index contributed by atoms with van der Waals surface area (Å²) in [5.74, 6) is 2.70. The molecule has 0 radical (unpaired) electrons. The molecule has 2 nitrogen and oxygen atoms in total. The van der Waals surface area contributed by atoms with Gasteiger partial charge in [-0.25, -0.2) is 0 Å². The van der Waals surface area contributed by atoms with Crippen LogP contribution in [-0.4, -0.2) is 25.3 Å². The number of methoxy groups -OCH3 is 1. The maximum Gasteiger partial charge on any atom is 0.0601 e. The minimum atomic E-state index is 0.473. The summed E-state index contributed by atoms with van der Waals surface area (Å²) in [7, 11) is 1.78. The van der Waals surface area contributed by atoms with Crippen LogP contribution in [0.3, 0.4) is 0 Å². The molecule has 0 spiro atoms. The topological polar surface area (TPSA) is 21.3 Å². The molecule has 74 valence electrons. The van der Waals surface area contributed by atoms with E-state index in [1.165, 1.54) is 0 Å². The SMILES string of the molecule is C#CCC(CC)NC1CC(OC)C1. The van der Waals surface area contributed by atoms with E-state index in [0.29, 0.717) is 18.2 Å². The zero-order chi connectivity index (χ0) is 9.68. The number of terminal acetylenes is 1. The average molecular weight is 181 g/mol. The third kappa shape index (κ3) is 3.02. The minimum Gasteiger partial charge on any atom is -0.381 e. The second kappa shape index (κ2) is 5.26.